The Morgan fingerprint density at radius 2 is 1.53 bits per heavy atom. The van der Waals surface area contributed by atoms with Crippen molar-refractivity contribution in [2.24, 2.45) is 5.41 Å². The second-order valence-corrected chi connectivity index (χ2v) is 8.65. The van der Waals surface area contributed by atoms with Gasteiger partial charge in [-0.1, -0.05) is 20.4 Å². The number of benzene rings is 2. The lowest BCUT2D eigenvalue weighted by Crippen LogP contribution is -2.37. The maximum atomic E-state index is 12.9. The van der Waals surface area contributed by atoms with Gasteiger partial charge in [0, 0.05) is 24.3 Å². The number of aromatic carboxylic acids is 2. The van der Waals surface area contributed by atoms with Gasteiger partial charge in [-0.05, 0) is 54.7 Å². The topological polar surface area (TPSA) is 127 Å². The molecule has 0 aliphatic carbocycles. The van der Waals surface area contributed by atoms with Gasteiger partial charge in [0.2, 0.25) is 0 Å². The number of aliphatic hydroxyl groups is 1. The third-order valence-corrected chi connectivity index (χ3v) is 5.79. The van der Waals surface area contributed by atoms with Crippen LogP contribution in [0.2, 0.25) is 0 Å². The van der Waals surface area contributed by atoms with E-state index >= 15 is 0 Å². The van der Waals surface area contributed by atoms with Gasteiger partial charge in [-0.25, -0.2) is 9.59 Å². The Bertz CT molecular complexity index is 1100. The lowest BCUT2D eigenvalue weighted by molar-refractivity contribution is 0.0692. The second kappa shape index (κ2) is 8.74. The van der Waals surface area contributed by atoms with E-state index in [2.05, 4.69) is 30.6 Å². The van der Waals surface area contributed by atoms with Gasteiger partial charge >= 0.3 is 11.9 Å². The van der Waals surface area contributed by atoms with Crippen LogP contribution in [0.1, 0.15) is 63.3 Å². The summed E-state index contributed by atoms with van der Waals surface area (Å²) in [5.41, 5.74) is 0.853. The predicted octanol–water partition coefficient (Wildman–Crippen LogP) is 4.49. The molecule has 1 heterocycles. The fourth-order valence-electron chi connectivity index (χ4n) is 3.70. The molecule has 0 radical (unpaired) electrons. The number of aliphatic hydroxyl groups excluding tert-OH is 1. The molecule has 1 aliphatic heterocycles. The first-order valence-electron chi connectivity index (χ1n) is 10.2. The molecule has 168 valence electrons. The van der Waals surface area contributed by atoms with Crippen LogP contribution in [0.3, 0.4) is 0 Å². The van der Waals surface area contributed by atoms with Crippen LogP contribution < -0.4 is 10.2 Å². The number of rotatable bonds is 6. The van der Waals surface area contributed by atoms with Crippen molar-refractivity contribution in [3.05, 3.63) is 65.2 Å². The zero-order valence-corrected chi connectivity index (χ0v) is 18.0. The molecule has 0 spiro atoms. The molecule has 0 aromatic heterocycles. The van der Waals surface area contributed by atoms with Crippen molar-refractivity contribution in [2.75, 3.05) is 23.3 Å². The van der Waals surface area contributed by atoms with Gasteiger partial charge in [0.05, 0.1) is 22.4 Å². The van der Waals surface area contributed by atoms with Gasteiger partial charge in [0.1, 0.15) is 5.76 Å². The standard InChI is InChI=1S/C24H26N2O6/c1-14(27)17-7-5-16(26-10-8-24(2,3)9-11-26)13-20(17)25-21(28)18-6-4-15(22(29)30)12-19(18)23(31)32/h4-7,12-13,27H,1,8-11H2,2-3H3,(H,25,28)(H,29,30)(H,31,32). The Hall–Kier alpha value is -3.81. The van der Waals surface area contributed by atoms with Crippen LogP contribution in [0, 0.1) is 5.41 Å². The average Bonchev–Trinajstić information content (AvgIpc) is 2.72. The Kier molecular flexibility index (Phi) is 6.25. The van der Waals surface area contributed by atoms with E-state index < -0.39 is 23.4 Å². The molecule has 0 saturated carbocycles. The highest BCUT2D eigenvalue weighted by Crippen LogP contribution is 2.34. The van der Waals surface area contributed by atoms with E-state index in [-0.39, 0.29) is 28.0 Å². The fourth-order valence-corrected chi connectivity index (χ4v) is 3.70. The number of carbonyl (C=O) groups excluding carboxylic acids is 1. The number of amides is 1. The highest BCUT2D eigenvalue weighted by molar-refractivity contribution is 6.12. The van der Waals surface area contributed by atoms with E-state index in [1.807, 2.05) is 6.07 Å². The normalized spacial score (nSPS) is 15.1. The molecule has 3 rings (SSSR count). The molecule has 0 unspecified atom stereocenters. The van der Waals surface area contributed by atoms with E-state index in [1.165, 1.54) is 6.07 Å². The van der Waals surface area contributed by atoms with Crippen molar-refractivity contribution in [2.45, 2.75) is 26.7 Å². The van der Waals surface area contributed by atoms with Crippen LogP contribution in [0.4, 0.5) is 11.4 Å². The van der Waals surface area contributed by atoms with E-state index in [4.69, 9.17) is 5.11 Å². The maximum absolute atomic E-state index is 12.9. The SMILES string of the molecule is C=C(O)c1ccc(N2CCC(C)(C)CC2)cc1NC(=O)c1ccc(C(=O)O)cc1C(=O)O. The molecule has 0 atom stereocenters. The molecule has 1 saturated heterocycles. The van der Waals surface area contributed by atoms with E-state index in [0.29, 0.717) is 5.56 Å². The summed E-state index contributed by atoms with van der Waals surface area (Å²) in [7, 11) is 0. The molecule has 32 heavy (non-hydrogen) atoms. The van der Waals surface area contributed by atoms with Crippen molar-refractivity contribution in [1.82, 2.24) is 0 Å². The maximum Gasteiger partial charge on any atom is 0.336 e. The van der Waals surface area contributed by atoms with Gasteiger partial charge in [-0.15, -0.1) is 0 Å². The lowest BCUT2D eigenvalue weighted by Gasteiger charge is -2.38. The van der Waals surface area contributed by atoms with Crippen molar-refractivity contribution in [3.63, 3.8) is 0 Å². The second-order valence-electron chi connectivity index (χ2n) is 8.65. The summed E-state index contributed by atoms with van der Waals surface area (Å²) in [6, 6.07) is 8.48. The van der Waals surface area contributed by atoms with Crippen LogP contribution in [0.25, 0.3) is 5.76 Å². The molecule has 2 aromatic rings. The first kappa shape index (κ1) is 22.9. The first-order valence-corrected chi connectivity index (χ1v) is 10.2. The number of nitrogens with one attached hydrogen (secondary N) is 1. The minimum atomic E-state index is -1.42. The number of nitrogens with zero attached hydrogens (tertiary/aromatic N) is 1. The van der Waals surface area contributed by atoms with Gasteiger partial charge in [0.25, 0.3) is 5.91 Å². The quantitative estimate of drug-likeness (QED) is 0.489. The molecule has 4 N–H and O–H groups in total. The Morgan fingerprint density at radius 3 is 2.09 bits per heavy atom. The summed E-state index contributed by atoms with van der Waals surface area (Å²) in [6.07, 6.45) is 2.03. The molecular formula is C24H26N2O6. The number of hydrogen-bond acceptors (Lipinski definition) is 5. The zero-order valence-electron chi connectivity index (χ0n) is 18.0. The van der Waals surface area contributed by atoms with E-state index in [1.54, 1.807) is 12.1 Å². The first-order chi connectivity index (χ1) is 15.0. The van der Waals surface area contributed by atoms with E-state index in [0.717, 1.165) is 43.8 Å². The van der Waals surface area contributed by atoms with Gasteiger partial charge in [0.15, 0.2) is 0 Å². The molecule has 0 bridgehead atoms. The van der Waals surface area contributed by atoms with Gasteiger partial charge in [-0.3, -0.25) is 4.79 Å². The number of piperidine rings is 1. The Morgan fingerprint density at radius 1 is 0.906 bits per heavy atom. The van der Waals surface area contributed by atoms with E-state index in [9.17, 15) is 24.6 Å². The predicted molar refractivity (Wildman–Crippen MR) is 122 cm³/mol. The third kappa shape index (κ3) is 4.91. The summed E-state index contributed by atoms with van der Waals surface area (Å²) < 4.78 is 0. The summed E-state index contributed by atoms with van der Waals surface area (Å²) in [4.78, 5) is 37.9. The molecule has 1 amide bonds. The molecule has 2 aromatic carbocycles. The summed E-state index contributed by atoms with van der Waals surface area (Å²) in [6.45, 7) is 9.68. The number of anilines is 2. The molecule has 8 heteroatoms. The summed E-state index contributed by atoms with van der Waals surface area (Å²) in [5.74, 6) is -3.70. The number of carboxylic acid groups (broad SMARTS) is 2. The fraction of sp³-hybridized carbons (Fsp3) is 0.292. The monoisotopic (exact) mass is 438 g/mol. The average molecular weight is 438 g/mol. The lowest BCUT2D eigenvalue weighted by atomic mass is 9.82. The van der Waals surface area contributed by atoms with Crippen molar-refractivity contribution in [1.29, 1.82) is 0 Å². The van der Waals surface area contributed by atoms with Crippen molar-refractivity contribution in [3.8, 4) is 0 Å². The van der Waals surface area contributed by atoms with Crippen LogP contribution >= 0.6 is 0 Å². The van der Waals surface area contributed by atoms with Crippen LogP contribution in [0.15, 0.2) is 43.0 Å². The largest absolute Gasteiger partial charge is 0.508 e. The summed E-state index contributed by atoms with van der Waals surface area (Å²) >= 11 is 0. The highest BCUT2D eigenvalue weighted by Gasteiger charge is 2.26. The summed E-state index contributed by atoms with van der Waals surface area (Å²) in [5, 5.41) is 31.2. The molecular weight excluding hydrogens is 412 g/mol. The van der Waals surface area contributed by atoms with Crippen molar-refractivity contribution < 1.29 is 29.7 Å². The van der Waals surface area contributed by atoms with Gasteiger partial charge < -0.3 is 25.5 Å². The Balaban J connectivity index is 1.94. The highest BCUT2D eigenvalue weighted by atomic mass is 16.4. The van der Waals surface area contributed by atoms with Gasteiger partial charge in [-0.2, -0.15) is 0 Å². The van der Waals surface area contributed by atoms with Crippen molar-refractivity contribution >= 4 is 35.0 Å². The van der Waals surface area contributed by atoms with Crippen LogP contribution in [0.5, 0.6) is 0 Å². The molecule has 8 nitrogen and oxygen atoms in total. The molecule has 1 aliphatic rings. The Labute approximate surface area is 185 Å². The number of carbonyl (C=O) groups is 3. The minimum absolute atomic E-state index is 0.192. The number of carboxylic acids is 2. The molecule has 1 fully saturated rings. The zero-order chi connectivity index (χ0) is 23.6. The minimum Gasteiger partial charge on any atom is -0.508 e. The third-order valence-electron chi connectivity index (χ3n) is 5.79. The smallest absolute Gasteiger partial charge is 0.336 e. The van der Waals surface area contributed by atoms with Crippen LogP contribution in [-0.4, -0.2) is 46.3 Å². The van der Waals surface area contributed by atoms with Crippen LogP contribution in [-0.2, 0) is 0 Å². The number of hydrogen-bond donors (Lipinski definition) is 4.